The van der Waals surface area contributed by atoms with Gasteiger partial charge in [-0.1, -0.05) is 18.2 Å². The van der Waals surface area contributed by atoms with Crippen LogP contribution in [0.5, 0.6) is 0 Å². The number of rotatable bonds is 9. The molecule has 3 N–H and O–H groups in total. The number of aliphatic hydroxyl groups excluding tert-OH is 1. The first-order valence-corrected chi connectivity index (χ1v) is 13.1. The van der Waals surface area contributed by atoms with Gasteiger partial charge in [-0.3, -0.25) is 9.59 Å². The number of anilines is 3. The summed E-state index contributed by atoms with van der Waals surface area (Å²) in [6.07, 6.45) is 3.28. The quantitative estimate of drug-likeness (QED) is 0.282. The number of aliphatic hydroxyl groups is 1. The second-order valence-corrected chi connectivity index (χ2v) is 9.92. The molecule has 0 bridgehead atoms. The fraction of sp³-hybridized carbons (Fsp3) is 0.276. The largest absolute Gasteiger partial charge is 0.394 e. The minimum atomic E-state index is -0.768. The van der Waals surface area contributed by atoms with E-state index in [2.05, 4.69) is 35.6 Å². The first kappa shape index (κ1) is 27.6. The molecule has 1 aliphatic heterocycles. The average molecular weight is 554 g/mol. The van der Waals surface area contributed by atoms with Gasteiger partial charge in [0.2, 0.25) is 11.9 Å². The third kappa shape index (κ3) is 5.97. The lowest BCUT2D eigenvalue weighted by molar-refractivity contribution is -0.126. The van der Waals surface area contributed by atoms with Crippen LogP contribution in [0.3, 0.4) is 0 Å². The number of carbonyl (C=O) groups is 2. The highest BCUT2D eigenvalue weighted by atomic mass is 16.3. The topological polar surface area (TPSA) is 149 Å². The number of hydrogen-bond donors (Lipinski definition) is 3. The summed E-state index contributed by atoms with van der Waals surface area (Å²) in [4.78, 5) is 51.8. The van der Waals surface area contributed by atoms with E-state index in [1.165, 1.54) is 4.90 Å². The van der Waals surface area contributed by atoms with E-state index in [9.17, 15) is 14.7 Å². The van der Waals surface area contributed by atoms with E-state index in [-0.39, 0.29) is 18.4 Å². The predicted octanol–water partition coefficient (Wildman–Crippen LogP) is 2.64. The summed E-state index contributed by atoms with van der Waals surface area (Å²) in [5.74, 6) is 1.64. The molecule has 0 saturated heterocycles. The molecule has 12 heteroatoms. The highest BCUT2D eigenvalue weighted by Crippen LogP contribution is 2.30. The van der Waals surface area contributed by atoms with Crippen molar-refractivity contribution in [1.29, 1.82) is 0 Å². The Morgan fingerprint density at radius 2 is 1.88 bits per heavy atom. The molecule has 0 fully saturated rings. The Bertz CT molecular complexity index is 1590. The zero-order valence-electron chi connectivity index (χ0n) is 23.2. The molecule has 3 aromatic heterocycles. The number of aromatic nitrogens is 5. The predicted molar refractivity (Wildman–Crippen MR) is 153 cm³/mol. The normalized spacial score (nSPS) is 13.9. The molecule has 0 spiro atoms. The van der Waals surface area contributed by atoms with Gasteiger partial charge in [0.05, 0.1) is 24.0 Å². The van der Waals surface area contributed by atoms with Crippen LogP contribution in [0, 0.1) is 6.92 Å². The first-order chi connectivity index (χ1) is 19.7. The van der Waals surface area contributed by atoms with Crippen LogP contribution in [0.15, 0.2) is 60.9 Å². The second-order valence-electron chi connectivity index (χ2n) is 9.92. The molecular weight excluding hydrogens is 522 g/mol. The van der Waals surface area contributed by atoms with Crippen LogP contribution in [0.1, 0.15) is 40.4 Å². The number of carbonyl (C=O) groups excluding carboxylic acids is 2. The molecule has 2 atom stereocenters. The van der Waals surface area contributed by atoms with Crippen molar-refractivity contribution in [3.63, 3.8) is 0 Å². The average Bonchev–Trinajstić information content (AvgIpc) is 3.31. The van der Waals surface area contributed by atoms with Gasteiger partial charge in [0, 0.05) is 44.2 Å². The van der Waals surface area contributed by atoms with Crippen LogP contribution in [0.2, 0.25) is 0 Å². The summed E-state index contributed by atoms with van der Waals surface area (Å²) in [5.41, 5.74) is 3.24. The molecule has 41 heavy (non-hydrogen) atoms. The summed E-state index contributed by atoms with van der Waals surface area (Å²) in [7, 11) is 3.73. The van der Waals surface area contributed by atoms with Gasteiger partial charge in [-0.15, -0.1) is 0 Å². The van der Waals surface area contributed by atoms with Gasteiger partial charge in [0.1, 0.15) is 23.5 Å². The Kier molecular flexibility index (Phi) is 7.83. The highest BCUT2D eigenvalue weighted by molar-refractivity contribution is 6.02. The van der Waals surface area contributed by atoms with E-state index >= 15 is 0 Å². The van der Waals surface area contributed by atoms with Crippen LogP contribution < -0.4 is 15.5 Å². The van der Waals surface area contributed by atoms with E-state index in [0.29, 0.717) is 46.9 Å². The fourth-order valence-corrected chi connectivity index (χ4v) is 4.55. The summed E-state index contributed by atoms with van der Waals surface area (Å²) in [5, 5.41) is 15.9. The molecule has 5 rings (SSSR count). The van der Waals surface area contributed by atoms with E-state index in [4.69, 9.17) is 0 Å². The molecule has 1 unspecified atom stereocenters. The highest BCUT2D eigenvalue weighted by Gasteiger charge is 2.35. The molecule has 12 nitrogen and oxygen atoms in total. The zero-order valence-corrected chi connectivity index (χ0v) is 23.2. The van der Waals surface area contributed by atoms with Crippen molar-refractivity contribution < 1.29 is 14.7 Å². The summed E-state index contributed by atoms with van der Waals surface area (Å²) in [6, 6.07) is 13.0. The minimum Gasteiger partial charge on any atom is -0.394 e. The van der Waals surface area contributed by atoms with E-state index in [0.717, 1.165) is 11.1 Å². The van der Waals surface area contributed by atoms with E-state index in [1.54, 1.807) is 50.5 Å². The number of nitrogens with one attached hydrogen (secondary N) is 2. The van der Waals surface area contributed by atoms with Gasteiger partial charge in [0.25, 0.3) is 5.91 Å². The van der Waals surface area contributed by atoms with Crippen LogP contribution in [-0.4, -0.2) is 73.5 Å². The van der Waals surface area contributed by atoms with Crippen molar-refractivity contribution in [3.8, 4) is 11.3 Å². The number of hydrogen-bond acceptors (Lipinski definition) is 10. The van der Waals surface area contributed by atoms with E-state index < -0.39 is 12.1 Å². The summed E-state index contributed by atoms with van der Waals surface area (Å²) < 4.78 is 0. The number of aryl methyl sites for hydroxylation is 1. The van der Waals surface area contributed by atoms with Gasteiger partial charge in [-0.25, -0.2) is 24.9 Å². The van der Waals surface area contributed by atoms with Crippen molar-refractivity contribution in [3.05, 3.63) is 83.6 Å². The monoisotopic (exact) mass is 553 g/mol. The molecule has 210 valence electrons. The molecule has 2 amide bonds. The molecule has 4 heterocycles. The molecule has 0 saturated carbocycles. The third-order valence-corrected chi connectivity index (χ3v) is 6.83. The maximum atomic E-state index is 13.4. The fourth-order valence-electron chi connectivity index (χ4n) is 4.55. The van der Waals surface area contributed by atoms with Crippen molar-refractivity contribution in [1.82, 2.24) is 35.1 Å². The number of fused-ring (bicyclic) bond motifs is 1. The molecule has 1 aliphatic rings. The van der Waals surface area contributed by atoms with Crippen molar-refractivity contribution >= 4 is 29.4 Å². The van der Waals surface area contributed by atoms with Crippen molar-refractivity contribution in [2.45, 2.75) is 32.5 Å². The van der Waals surface area contributed by atoms with Gasteiger partial charge in [-0.2, -0.15) is 0 Å². The smallest absolute Gasteiger partial charge is 0.255 e. The molecule has 0 aliphatic carbocycles. The Balaban J connectivity index is 1.30. The first-order valence-electron chi connectivity index (χ1n) is 13.1. The maximum Gasteiger partial charge on any atom is 0.255 e. The summed E-state index contributed by atoms with van der Waals surface area (Å²) >= 11 is 0. The lowest BCUT2D eigenvalue weighted by Crippen LogP contribution is -2.47. The van der Waals surface area contributed by atoms with Gasteiger partial charge < -0.3 is 25.5 Å². The second kappa shape index (κ2) is 11.6. The van der Waals surface area contributed by atoms with Crippen LogP contribution in [0.25, 0.3) is 11.3 Å². The Morgan fingerprint density at radius 3 is 2.63 bits per heavy atom. The third-order valence-electron chi connectivity index (χ3n) is 6.83. The zero-order chi connectivity index (χ0) is 29.1. The lowest BCUT2D eigenvalue weighted by atomic mass is 10.0. The lowest BCUT2D eigenvalue weighted by Gasteiger charge is -2.26. The van der Waals surface area contributed by atoms with Crippen LogP contribution in [0.4, 0.5) is 17.6 Å². The number of nitrogens with zero attached hydrogens (tertiary/aromatic N) is 7. The SMILES string of the molecule is Cc1nccc(Nc2nccc(-c3ccc4c(c3)C(=O)N(C(C)C(=O)N[C@H](CO)c3cccc(N(C)C)n3)C4)n2)n1. The number of amides is 2. The minimum absolute atomic E-state index is 0.248. The van der Waals surface area contributed by atoms with Crippen LogP contribution in [-0.2, 0) is 11.3 Å². The molecular formula is C29H31N9O3. The van der Waals surface area contributed by atoms with Gasteiger partial charge in [0.15, 0.2) is 0 Å². The number of benzene rings is 1. The van der Waals surface area contributed by atoms with Crippen molar-refractivity contribution in [2.24, 2.45) is 0 Å². The summed E-state index contributed by atoms with van der Waals surface area (Å²) in [6.45, 7) is 3.44. The Morgan fingerprint density at radius 1 is 1.07 bits per heavy atom. The Labute approximate surface area is 237 Å². The Hall–Kier alpha value is -4.97. The molecule has 0 radical (unpaired) electrons. The molecule has 4 aromatic rings. The van der Waals surface area contributed by atoms with Gasteiger partial charge >= 0.3 is 0 Å². The van der Waals surface area contributed by atoms with E-state index in [1.807, 2.05) is 43.3 Å². The number of pyridine rings is 1. The van der Waals surface area contributed by atoms with Crippen LogP contribution >= 0.6 is 0 Å². The standard InChI is InChI=1S/C29H31N9O3/c1-17(27(40)34-24(16-39)23-6-5-7-26(33-23)37(3)4)38-15-20-9-8-19(14-21(20)28(38)41)22-10-12-31-29(35-22)36-25-11-13-30-18(2)32-25/h5-14,17,24,39H,15-16H2,1-4H3,(H,34,40)(H,30,31,32,35,36)/t17?,24-/m1/s1. The maximum absolute atomic E-state index is 13.4. The van der Waals surface area contributed by atoms with Gasteiger partial charge in [-0.05, 0) is 49.7 Å². The molecule has 1 aromatic carbocycles. The van der Waals surface area contributed by atoms with Crippen molar-refractivity contribution in [2.75, 3.05) is 30.9 Å².